The molecule has 0 aliphatic carbocycles. The zero-order valence-corrected chi connectivity index (χ0v) is 12.4. The summed E-state index contributed by atoms with van der Waals surface area (Å²) >= 11 is 0. The minimum absolute atomic E-state index is 0.321. The highest BCUT2D eigenvalue weighted by atomic mass is 16.5. The standard InChI is InChI=1S/C18H24N2O/c1-2-3-5-13-10-16(8-9-18(13)19)21-17-11-14-6-4-7-15(12-17)20-14/h2-3,5,8-10,14-15,17,20H,1,4,6-7,11-12,19H2/b5-3-/t14-,15+,17-. The number of nitrogens with two attached hydrogens (primary N) is 1. The van der Waals surface area contributed by atoms with Crippen LogP contribution in [0.2, 0.25) is 0 Å². The van der Waals surface area contributed by atoms with Gasteiger partial charge in [-0.2, -0.15) is 0 Å². The van der Waals surface area contributed by atoms with E-state index < -0.39 is 0 Å². The Balaban J connectivity index is 1.69. The molecule has 2 bridgehead atoms. The number of rotatable bonds is 4. The van der Waals surface area contributed by atoms with Crippen molar-refractivity contribution in [2.45, 2.75) is 50.3 Å². The van der Waals surface area contributed by atoms with Gasteiger partial charge in [0.05, 0.1) is 0 Å². The molecule has 0 saturated carbocycles. The van der Waals surface area contributed by atoms with E-state index in [2.05, 4.69) is 11.9 Å². The third kappa shape index (κ3) is 3.48. The predicted octanol–water partition coefficient (Wildman–Crippen LogP) is 3.52. The summed E-state index contributed by atoms with van der Waals surface area (Å²) in [6.07, 6.45) is 12.1. The van der Waals surface area contributed by atoms with E-state index in [1.165, 1.54) is 19.3 Å². The van der Waals surface area contributed by atoms with Crippen molar-refractivity contribution in [2.75, 3.05) is 5.73 Å². The molecule has 0 aromatic heterocycles. The first-order chi connectivity index (χ1) is 10.2. The molecular weight excluding hydrogens is 260 g/mol. The Kier molecular flexibility index (Phi) is 4.30. The molecule has 1 aromatic carbocycles. The molecule has 1 aromatic rings. The van der Waals surface area contributed by atoms with Crippen LogP contribution >= 0.6 is 0 Å². The fourth-order valence-corrected chi connectivity index (χ4v) is 3.44. The average molecular weight is 284 g/mol. The van der Waals surface area contributed by atoms with E-state index in [-0.39, 0.29) is 0 Å². The van der Waals surface area contributed by atoms with Crippen molar-refractivity contribution in [3.8, 4) is 5.75 Å². The maximum atomic E-state index is 6.21. The highest BCUT2D eigenvalue weighted by molar-refractivity contribution is 5.66. The molecule has 2 aliphatic rings. The summed E-state index contributed by atoms with van der Waals surface area (Å²) in [5, 5.41) is 3.69. The van der Waals surface area contributed by atoms with E-state index in [1.807, 2.05) is 30.4 Å². The largest absolute Gasteiger partial charge is 0.490 e. The molecule has 0 spiro atoms. The van der Waals surface area contributed by atoms with Crippen molar-refractivity contribution in [1.29, 1.82) is 0 Å². The summed E-state index contributed by atoms with van der Waals surface area (Å²) in [6, 6.07) is 7.18. The lowest BCUT2D eigenvalue weighted by Gasteiger charge is -2.40. The summed E-state index contributed by atoms with van der Waals surface area (Å²) in [4.78, 5) is 0. The lowest BCUT2D eigenvalue weighted by molar-refractivity contribution is 0.0927. The van der Waals surface area contributed by atoms with Crippen molar-refractivity contribution in [3.05, 3.63) is 42.5 Å². The second kappa shape index (κ2) is 6.35. The Hall–Kier alpha value is -1.74. The van der Waals surface area contributed by atoms with Gasteiger partial charge in [-0.3, -0.25) is 0 Å². The monoisotopic (exact) mass is 284 g/mol. The molecule has 3 atom stereocenters. The normalized spacial score (nSPS) is 28.5. The van der Waals surface area contributed by atoms with E-state index in [0.717, 1.165) is 29.8 Å². The molecule has 3 nitrogen and oxygen atoms in total. The number of piperidine rings is 2. The molecule has 0 unspecified atom stereocenters. The van der Waals surface area contributed by atoms with Crippen LogP contribution in [0.5, 0.6) is 5.75 Å². The van der Waals surface area contributed by atoms with Crippen LogP contribution in [-0.2, 0) is 0 Å². The van der Waals surface area contributed by atoms with Crippen LogP contribution in [-0.4, -0.2) is 18.2 Å². The molecule has 3 rings (SSSR count). The van der Waals surface area contributed by atoms with Crippen molar-refractivity contribution in [1.82, 2.24) is 5.32 Å². The van der Waals surface area contributed by atoms with Gasteiger partial charge in [0.2, 0.25) is 0 Å². The van der Waals surface area contributed by atoms with Crippen molar-refractivity contribution in [3.63, 3.8) is 0 Å². The number of anilines is 1. The number of fused-ring (bicyclic) bond motifs is 2. The fraction of sp³-hybridized carbons (Fsp3) is 0.444. The van der Waals surface area contributed by atoms with Crippen LogP contribution in [0, 0.1) is 0 Å². The maximum Gasteiger partial charge on any atom is 0.120 e. The first-order valence-corrected chi connectivity index (χ1v) is 7.86. The Morgan fingerprint density at radius 3 is 2.71 bits per heavy atom. The van der Waals surface area contributed by atoms with Crippen LogP contribution in [0.4, 0.5) is 5.69 Å². The van der Waals surface area contributed by atoms with Crippen LogP contribution in [0.1, 0.15) is 37.7 Å². The first-order valence-electron chi connectivity index (χ1n) is 7.86. The topological polar surface area (TPSA) is 47.3 Å². The fourth-order valence-electron chi connectivity index (χ4n) is 3.44. The van der Waals surface area contributed by atoms with Gasteiger partial charge < -0.3 is 15.8 Å². The smallest absolute Gasteiger partial charge is 0.120 e. The highest BCUT2D eigenvalue weighted by Crippen LogP contribution is 2.30. The predicted molar refractivity (Wildman–Crippen MR) is 88.3 cm³/mol. The molecule has 21 heavy (non-hydrogen) atoms. The van der Waals surface area contributed by atoms with Gasteiger partial charge >= 0.3 is 0 Å². The van der Waals surface area contributed by atoms with Gasteiger partial charge in [-0.25, -0.2) is 0 Å². The zero-order chi connectivity index (χ0) is 14.7. The lowest BCUT2D eigenvalue weighted by atomic mass is 9.85. The number of hydrogen-bond donors (Lipinski definition) is 2. The van der Waals surface area contributed by atoms with Gasteiger partial charge in [-0.1, -0.05) is 31.2 Å². The molecule has 2 aliphatic heterocycles. The quantitative estimate of drug-likeness (QED) is 0.657. The molecule has 0 amide bonds. The Labute approximate surface area is 126 Å². The lowest BCUT2D eigenvalue weighted by Crippen LogP contribution is -2.51. The SMILES string of the molecule is C=C/C=C\c1cc(O[C@@H]2C[C@H]3CCC[C@@H](C2)N3)ccc1N. The minimum atomic E-state index is 0.321. The van der Waals surface area contributed by atoms with Crippen molar-refractivity contribution in [2.24, 2.45) is 0 Å². The molecule has 3 N–H and O–H groups in total. The van der Waals surface area contributed by atoms with E-state index in [0.29, 0.717) is 18.2 Å². The van der Waals surface area contributed by atoms with Gasteiger partial charge in [-0.15, -0.1) is 0 Å². The second-order valence-corrected chi connectivity index (χ2v) is 6.09. The Morgan fingerprint density at radius 2 is 2.00 bits per heavy atom. The Bertz CT molecular complexity index is 526. The molecule has 2 fully saturated rings. The van der Waals surface area contributed by atoms with Crippen LogP contribution in [0.3, 0.4) is 0 Å². The zero-order valence-electron chi connectivity index (χ0n) is 12.4. The van der Waals surface area contributed by atoms with Gasteiger partial charge in [0.15, 0.2) is 0 Å². The third-order valence-corrected chi connectivity index (χ3v) is 4.44. The van der Waals surface area contributed by atoms with Crippen LogP contribution in [0.25, 0.3) is 6.08 Å². The number of ether oxygens (including phenoxy) is 1. The van der Waals surface area contributed by atoms with Gasteiger partial charge in [0.1, 0.15) is 11.9 Å². The number of hydrogen-bond acceptors (Lipinski definition) is 3. The number of allylic oxidation sites excluding steroid dienone is 2. The first kappa shape index (κ1) is 14.2. The van der Waals surface area contributed by atoms with Gasteiger partial charge in [0.25, 0.3) is 0 Å². The van der Waals surface area contributed by atoms with Crippen LogP contribution < -0.4 is 15.8 Å². The van der Waals surface area contributed by atoms with Gasteiger partial charge in [0, 0.05) is 23.3 Å². The average Bonchev–Trinajstić information content (AvgIpc) is 2.47. The maximum absolute atomic E-state index is 6.21. The molecule has 2 heterocycles. The summed E-state index contributed by atoms with van der Waals surface area (Å²) in [5.74, 6) is 0.915. The summed E-state index contributed by atoms with van der Waals surface area (Å²) < 4.78 is 6.21. The van der Waals surface area contributed by atoms with E-state index in [4.69, 9.17) is 10.5 Å². The molecule has 0 radical (unpaired) electrons. The van der Waals surface area contributed by atoms with Crippen molar-refractivity contribution >= 4 is 11.8 Å². The molecule has 112 valence electrons. The molecular formula is C18H24N2O. The third-order valence-electron chi connectivity index (χ3n) is 4.44. The van der Waals surface area contributed by atoms with Crippen molar-refractivity contribution < 1.29 is 4.74 Å². The van der Waals surface area contributed by atoms with Crippen LogP contribution in [0.15, 0.2) is 36.9 Å². The number of nitrogen functional groups attached to an aromatic ring is 1. The number of benzene rings is 1. The van der Waals surface area contributed by atoms with E-state index in [9.17, 15) is 0 Å². The Morgan fingerprint density at radius 1 is 1.24 bits per heavy atom. The molecule has 2 saturated heterocycles. The molecule has 3 heteroatoms. The minimum Gasteiger partial charge on any atom is -0.490 e. The second-order valence-electron chi connectivity index (χ2n) is 6.09. The highest BCUT2D eigenvalue weighted by Gasteiger charge is 2.32. The summed E-state index contributed by atoms with van der Waals surface area (Å²) in [6.45, 7) is 3.69. The van der Waals surface area contributed by atoms with E-state index in [1.54, 1.807) is 6.08 Å². The van der Waals surface area contributed by atoms with E-state index >= 15 is 0 Å². The van der Waals surface area contributed by atoms with Gasteiger partial charge in [-0.05, 0) is 43.9 Å². The summed E-state index contributed by atoms with van der Waals surface area (Å²) in [5.41, 5.74) is 7.74. The summed E-state index contributed by atoms with van der Waals surface area (Å²) in [7, 11) is 0. The number of nitrogens with one attached hydrogen (secondary N) is 1.